The molecule has 4 rings (SSSR count). The Morgan fingerprint density at radius 1 is 0.975 bits per heavy atom. The van der Waals surface area contributed by atoms with Gasteiger partial charge in [0.05, 0.1) is 30.9 Å². The molecule has 1 heterocycles. The quantitative estimate of drug-likeness (QED) is 0.0622. The van der Waals surface area contributed by atoms with Gasteiger partial charge in [-0.3, -0.25) is 10.1 Å². The molecule has 212 valence electrons. The Bertz CT molecular complexity index is 1340. The van der Waals surface area contributed by atoms with E-state index >= 15 is 0 Å². The number of hydrogen-bond acceptors (Lipinski definition) is 6. The van der Waals surface area contributed by atoms with Gasteiger partial charge >= 0.3 is 0 Å². The summed E-state index contributed by atoms with van der Waals surface area (Å²) in [5.74, 6) is 0.513. The fourth-order valence-corrected chi connectivity index (χ4v) is 5.13. The number of nitrogens with zero attached hydrogens (tertiary/aromatic N) is 3. The first-order valence-corrected chi connectivity index (χ1v) is 14.4. The first-order valence-electron chi connectivity index (χ1n) is 12.8. The zero-order chi connectivity index (χ0) is 28.6. The number of rotatable bonds is 13. The fourth-order valence-electron chi connectivity index (χ4n) is 4.19. The number of benzene rings is 3. The molecule has 0 saturated heterocycles. The van der Waals surface area contributed by atoms with Gasteiger partial charge in [-0.1, -0.05) is 77.9 Å². The molecule has 0 N–H and O–H groups in total. The number of unbranched alkanes of at least 4 members (excludes halogenated alkanes) is 1. The second-order valence-electron chi connectivity index (χ2n) is 9.34. The molecule has 1 aliphatic rings. The molecule has 3 aromatic rings. The molecule has 2 atom stereocenters. The Kier molecular flexibility index (Phi) is 10.8. The van der Waals surface area contributed by atoms with Gasteiger partial charge in [0.15, 0.2) is 0 Å². The summed E-state index contributed by atoms with van der Waals surface area (Å²) < 4.78 is 12.2. The van der Waals surface area contributed by atoms with Gasteiger partial charge in [0, 0.05) is 45.6 Å². The van der Waals surface area contributed by atoms with Gasteiger partial charge in [-0.15, -0.1) is 0 Å². The first-order chi connectivity index (χ1) is 19.2. The molecule has 2 unspecified atom stereocenters. The number of ether oxygens (including phenoxy) is 2. The third-order valence-corrected chi connectivity index (χ3v) is 7.72. The predicted molar refractivity (Wildman–Crippen MR) is 160 cm³/mol. The van der Waals surface area contributed by atoms with Crippen molar-refractivity contribution < 1.29 is 14.4 Å². The van der Waals surface area contributed by atoms with Crippen molar-refractivity contribution in [2.45, 2.75) is 44.5 Å². The lowest BCUT2D eigenvalue weighted by Crippen LogP contribution is -2.35. The van der Waals surface area contributed by atoms with Crippen LogP contribution in [0, 0.1) is 10.1 Å². The SMILES string of the molecule is CCCCOc1cc([N+](=O)[O-])ccc1CN1C=CN(C(Cl)C(OCc2ccc(Cl)cc2Cl)c2ccc(Cl)cc2)C1. The average molecular weight is 625 g/mol. The van der Waals surface area contributed by atoms with Gasteiger partial charge < -0.3 is 19.3 Å². The van der Waals surface area contributed by atoms with Gasteiger partial charge in [-0.05, 0) is 47.9 Å². The largest absolute Gasteiger partial charge is 0.493 e. The maximum atomic E-state index is 11.3. The Morgan fingerprint density at radius 3 is 2.40 bits per heavy atom. The highest BCUT2D eigenvalue weighted by molar-refractivity contribution is 6.35. The third kappa shape index (κ3) is 7.95. The van der Waals surface area contributed by atoms with Gasteiger partial charge in [-0.2, -0.15) is 0 Å². The predicted octanol–water partition coefficient (Wildman–Crippen LogP) is 8.80. The van der Waals surface area contributed by atoms with Crippen LogP contribution in [0.4, 0.5) is 5.69 Å². The smallest absolute Gasteiger partial charge is 0.273 e. The Morgan fingerprint density at radius 2 is 1.70 bits per heavy atom. The number of non-ortho nitro benzene ring substituents is 1. The normalized spacial score (nSPS) is 14.4. The van der Waals surface area contributed by atoms with E-state index in [-0.39, 0.29) is 12.3 Å². The Hall–Kier alpha value is -2.68. The molecule has 0 bridgehead atoms. The standard InChI is InChI=1S/C29H29Cl4N3O4/c1-2-3-14-39-27-16-25(36(37)38)11-7-21(27)17-34-12-13-35(19-34)29(33)28(20-4-8-23(30)9-5-20)40-18-22-6-10-24(31)15-26(22)32/h4-13,15-16,28-29H,2-3,14,17-19H2,1H3. The maximum absolute atomic E-state index is 11.3. The van der Waals surface area contributed by atoms with Crippen LogP contribution >= 0.6 is 46.4 Å². The lowest BCUT2D eigenvalue weighted by atomic mass is 10.1. The zero-order valence-electron chi connectivity index (χ0n) is 21.8. The maximum Gasteiger partial charge on any atom is 0.273 e. The number of alkyl halides is 1. The number of halogens is 4. The fraction of sp³-hybridized carbons (Fsp3) is 0.310. The van der Waals surface area contributed by atoms with Crippen LogP contribution < -0.4 is 4.74 Å². The summed E-state index contributed by atoms with van der Waals surface area (Å²) in [4.78, 5) is 14.9. The van der Waals surface area contributed by atoms with E-state index in [4.69, 9.17) is 55.9 Å². The monoisotopic (exact) mass is 623 g/mol. The van der Waals surface area contributed by atoms with E-state index in [1.807, 2.05) is 35.5 Å². The molecule has 11 heteroatoms. The highest BCUT2D eigenvalue weighted by Crippen LogP contribution is 2.34. The third-order valence-electron chi connectivity index (χ3n) is 6.40. The summed E-state index contributed by atoms with van der Waals surface area (Å²) in [6.45, 7) is 3.76. The molecule has 0 amide bonds. The minimum atomic E-state index is -0.564. The molecule has 0 radical (unpaired) electrons. The van der Waals surface area contributed by atoms with E-state index in [1.165, 1.54) is 12.1 Å². The van der Waals surface area contributed by atoms with Crippen molar-refractivity contribution in [3.63, 3.8) is 0 Å². The van der Waals surface area contributed by atoms with Crippen LogP contribution in [0.25, 0.3) is 0 Å². The summed E-state index contributed by atoms with van der Waals surface area (Å²) in [7, 11) is 0. The van der Waals surface area contributed by atoms with Crippen molar-refractivity contribution in [1.29, 1.82) is 0 Å². The average Bonchev–Trinajstić information content (AvgIpc) is 3.40. The molecule has 1 aliphatic heterocycles. The van der Waals surface area contributed by atoms with E-state index in [1.54, 1.807) is 30.3 Å². The molecule has 0 fully saturated rings. The van der Waals surface area contributed by atoms with Crippen molar-refractivity contribution in [2.75, 3.05) is 13.3 Å². The molecule has 3 aromatic carbocycles. The van der Waals surface area contributed by atoms with E-state index in [2.05, 4.69) is 11.8 Å². The summed E-state index contributed by atoms with van der Waals surface area (Å²) in [6.07, 6.45) is 5.15. The number of nitro benzene ring substituents is 1. The second-order valence-corrected chi connectivity index (χ2v) is 11.1. The van der Waals surface area contributed by atoms with Gasteiger partial charge in [-0.25, -0.2) is 0 Å². The van der Waals surface area contributed by atoms with Crippen LogP contribution in [0.5, 0.6) is 5.75 Å². The highest BCUT2D eigenvalue weighted by atomic mass is 35.5. The van der Waals surface area contributed by atoms with Gasteiger partial charge in [0.1, 0.15) is 17.4 Å². The van der Waals surface area contributed by atoms with Crippen LogP contribution in [0.3, 0.4) is 0 Å². The molecule has 0 aliphatic carbocycles. The summed E-state index contributed by atoms with van der Waals surface area (Å²) in [5, 5.41) is 13.0. The zero-order valence-corrected chi connectivity index (χ0v) is 24.8. The van der Waals surface area contributed by atoms with Crippen molar-refractivity contribution in [3.8, 4) is 5.75 Å². The topological polar surface area (TPSA) is 68.1 Å². The molecule has 40 heavy (non-hydrogen) atoms. The molecule has 0 saturated carbocycles. The Labute approximate surface area is 253 Å². The molecular weight excluding hydrogens is 596 g/mol. The molecular formula is C29H29Cl4N3O4. The van der Waals surface area contributed by atoms with E-state index < -0.39 is 16.5 Å². The van der Waals surface area contributed by atoms with Crippen LogP contribution in [0.2, 0.25) is 15.1 Å². The van der Waals surface area contributed by atoms with Crippen molar-refractivity contribution in [3.05, 3.63) is 115 Å². The summed E-state index contributed by atoms with van der Waals surface area (Å²) in [6, 6.07) is 17.4. The molecule has 0 aromatic heterocycles. The van der Waals surface area contributed by atoms with Crippen LogP contribution in [0.1, 0.15) is 42.6 Å². The summed E-state index contributed by atoms with van der Waals surface area (Å²) in [5.41, 5.74) is 1.94. The van der Waals surface area contributed by atoms with Crippen LogP contribution in [-0.2, 0) is 17.9 Å². The van der Waals surface area contributed by atoms with E-state index in [0.29, 0.717) is 40.6 Å². The number of nitro groups is 1. The lowest BCUT2D eigenvalue weighted by Gasteiger charge is -2.32. The van der Waals surface area contributed by atoms with Gasteiger partial charge in [0.25, 0.3) is 5.69 Å². The number of hydrogen-bond donors (Lipinski definition) is 0. The van der Waals surface area contributed by atoms with E-state index in [9.17, 15) is 10.1 Å². The second kappa shape index (κ2) is 14.3. The van der Waals surface area contributed by atoms with Crippen LogP contribution in [0.15, 0.2) is 73.1 Å². The van der Waals surface area contributed by atoms with Crippen molar-refractivity contribution >= 4 is 52.1 Å². The van der Waals surface area contributed by atoms with Crippen molar-refractivity contribution in [2.24, 2.45) is 0 Å². The minimum absolute atomic E-state index is 0.00147. The highest BCUT2D eigenvalue weighted by Gasteiger charge is 2.30. The molecule has 7 nitrogen and oxygen atoms in total. The summed E-state index contributed by atoms with van der Waals surface area (Å²) >= 11 is 25.6. The van der Waals surface area contributed by atoms with Crippen LogP contribution in [-0.4, -0.2) is 33.5 Å². The van der Waals surface area contributed by atoms with E-state index in [0.717, 1.165) is 29.5 Å². The van der Waals surface area contributed by atoms with Crippen molar-refractivity contribution in [1.82, 2.24) is 9.80 Å². The van der Waals surface area contributed by atoms with Gasteiger partial charge in [0.2, 0.25) is 0 Å². The molecule has 0 spiro atoms. The minimum Gasteiger partial charge on any atom is -0.493 e. The first kappa shape index (κ1) is 30.3. The lowest BCUT2D eigenvalue weighted by molar-refractivity contribution is -0.385. The Balaban J connectivity index is 1.47.